The second-order valence-corrected chi connectivity index (χ2v) is 4.91. The Labute approximate surface area is 127 Å². The zero-order chi connectivity index (χ0) is 14.4. The van der Waals surface area contributed by atoms with E-state index in [0.717, 1.165) is 11.3 Å². The van der Waals surface area contributed by atoms with Gasteiger partial charge in [-0.3, -0.25) is 4.79 Å². The molecule has 6 heteroatoms. The molecule has 1 amide bonds. The van der Waals surface area contributed by atoms with Crippen LogP contribution in [0.3, 0.4) is 0 Å². The summed E-state index contributed by atoms with van der Waals surface area (Å²) in [7, 11) is 0. The smallest absolute Gasteiger partial charge is 0.246 e. The predicted octanol–water partition coefficient (Wildman–Crippen LogP) is 2.73. The number of ether oxygens (including phenoxy) is 2. The Morgan fingerprint density at radius 1 is 1.20 bits per heavy atom. The summed E-state index contributed by atoms with van der Waals surface area (Å²) in [5.74, 6) is 2.09. The molecule has 0 aliphatic carbocycles. The SMILES string of the molecule is O=C(/C=C\c1ccc2c(c1)OCO2)N(CCCl)CCCl. The van der Waals surface area contributed by atoms with Crippen LogP contribution in [0.1, 0.15) is 5.56 Å². The fraction of sp³-hybridized carbons (Fsp3) is 0.357. The second-order valence-electron chi connectivity index (χ2n) is 4.15. The highest BCUT2D eigenvalue weighted by molar-refractivity contribution is 6.18. The first-order valence-electron chi connectivity index (χ1n) is 6.23. The lowest BCUT2D eigenvalue weighted by molar-refractivity contribution is -0.125. The lowest BCUT2D eigenvalue weighted by Gasteiger charge is -2.18. The number of rotatable bonds is 6. The Hall–Kier alpha value is -1.39. The van der Waals surface area contributed by atoms with E-state index in [4.69, 9.17) is 32.7 Å². The highest BCUT2D eigenvalue weighted by Gasteiger charge is 2.13. The first kappa shape index (κ1) is 15.0. The van der Waals surface area contributed by atoms with Crippen LogP contribution >= 0.6 is 23.2 Å². The van der Waals surface area contributed by atoms with Gasteiger partial charge in [-0.05, 0) is 23.8 Å². The molecule has 0 radical (unpaired) electrons. The number of carbonyl (C=O) groups is 1. The number of alkyl halides is 2. The fourth-order valence-corrected chi connectivity index (χ4v) is 2.23. The molecule has 4 nitrogen and oxygen atoms in total. The summed E-state index contributed by atoms with van der Waals surface area (Å²) in [5, 5.41) is 0. The minimum atomic E-state index is -0.107. The summed E-state index contributed by atoms with van der Waals surface area (Å²) in [4.78, 5) is 13.6. The molecule has 0 bridgehead atoms. The topological polar surface area (TPSA) is 38.8 Å². The van der Waals surface area contributed by atoms with Crippen LogP contribution in [-0.2, 0) is 4.79 Å². The zero-order valence-corrected chi connectivity index (χ0v) is 12.4. The summed E-state index contributed by atoms with van der Waals surface area (Å²) < 4.78 is 10.5. The highest BCUT2D eigenvalue weighted by Crippen LogP contribution is 2.32. The van der Waals surface area contributed by atoms with Crippen LogP contribution in [0.25, 0.3) is 6.08 Å². The van der Waals surface area contributed by atoms with Crippen LogP contribution < -0.4 is 9.47 Å². The van der Waals surface area contributed by atoms with Crippen molar-refractivity contribution in [3.8, 4) is 11.5 Å². The van der Waals surface area contributed by atoms with Gasteiger partial charge in [0.05, 0.1) is 0 Å². The number of amides is 1. The van der Waals surface area contributed by atoms with E-state index in [2.05, 4.69) is 0 Å². The summed E-state index contributed by atoms with van der Waals surface area (Å²) in [5.41, 5.74) is 0.874. The number of hydrogen-bond acceptors (Lipinski definition) is 3. The zero-order valence-electron chi connectivity index (χ0n) is 10.9. The average Bonchev–Trinajstić information content (AvgIpc) is 2.92. The van der Waals surface area contributed by atoms with Crippen LogP contribution in [0.15, 0.2) is 24.3 Å². The quantitative estimate of drug-likeness (QED) is 0.598. The van der Waals surface area contributed by atoms with Crippen molar-refractivity contribution in [2.45, 2.75) is 0 Å². The molecule has 1 aromatic rings. The molecular formula is C14H15Cl2NO3. The Kier molecular flexibility index (Phi) is 5.56. The van der Waals surface area contributed by atoms with Gasteiger partial charge in [0, 0.05) is 30.9 Å². The molecule has 0 fully saturated rings. The average molecular weight is 316 g/mol. The maximum absolute atomic E-state index is 12.0. The van der Waals surface area contributed by atoms with Crippen molar-refractivity contribution in [1.82, 2.24) is 4.90 Å². The first-order valence-corrected chi connectivity index (χ1v) is 7.30. The first-order chi connectivity index (χ1) is 9.74. The van der Waals surface area contributed by atoms with Gasteiger partial charge in [0.2, 0.25) is 12.7 Å². The van der Waals surface area contributed by atoms with Crippen LogP contribution in [0, 0.1) is 0 Å². The molecule has 2 rings (SSSR count). The summed E-state index contributed by atoms with van der Waals surface area (Å²) >= 11 is 11.3. The van der Waals surface area contributed by atoms with Gasteiger partial charge >= 0.3 is 0 Å². The molecular weight excluding hydrogens is 301 g/mol. The molecule has 0 atom stereocenters. The lowest BCUT2D eigenvalue weighted by atomic mass is 10.2. The van der Waals surface area contributed by atoms with E-state index in [-0.39, 0.29) is 12.7 Å². The van der Waals surface area contributed by atoms with Crippen molar-refractivity contribution in [1.29, 1.82) is 0 Å². The van der Waals surface area contributed by atoms with Crippen LogP contribution in [-0.4, -0.2) is 42.4 Å². The van der Waals surface area contributed by atoms with Crippen molar-refractivity contribution in [3.05, 3.63) is 29.8 Å². The van der Waals surface area contributed by atoms with Crippen molar-refractivity contribution in [3.63, 3.8) is 0 Å². The van der Waals surface area contributed by atoms with Crippen molar-refractivity contribution in [2.24, 2.45) is 0 Å². The lowest BCUT2D eigenvalue weighted by Crippen LogP contribution is -2.33. The van der Waals surface area contributed by atoms with Gasteiger partial charge in [-0.15, -0.1) is 23.2 Å². The molecule has 1 aromatic carbocycles. The number of hydrogen-bond donors (Lipinski definition) is 0. The fourth-order valence-electron chi connectivity index (χ4n) is 1.83. The predicted molar refractivity (Wildman–Crippen MR) is 79.6 cm³/mol. The highest BCUT2D eigenvalue weighted by atomic mass is 35.5. The van der Waals surface area contributed by atoms with Gasteiger partial charge in [-0.2, -0.15) is 0 Å². The molecule has 0 aromatic heterocycles. The standard InChI is InChI=1S/C14H15Cl2NO3/c15-5-7-17(8-6-16)14(18)4-2-11-1-3-12-13(9-11)20-10-19-12/h1-4,9H,5-8,10H2/b4-2-. The largest absolute Gasteiger partial charge is 0.454 e. The van der Waals surface area contributed by atoms with Crippen molar-refractivity contribution in [2.75, 3.05) is 31.6 Å². The van der Waals surface area contributed by atoms with E-state index in [0.29, 0.717) is 30.6 Å². The van der Waals surface area contributed by atoms with E-state index in [1.165, 1.54) is 6.08 Å². The van der Waals surface area contributed by atoms with Gasteiger partial charge in [0.25, 0.3) is 0 Å². The van der Waals surface area contributed by atoms with Gasteiger partial charge in [-0.25, -0.2) is 0 Å². The van der Waals surface area contributed by atoms with E-state index in [1.807, 2.05) is 18.2 Å². The Bertz CT molecular complexity index is 499. The molecule has 20 heavy (non-hydrogen) atoms. The molecule has 0 unspecified atom stereocenters. The second kappa shape index (κ2) is 7.41. The number of fused-ring (bicyclic) bond motifs is 1. The minimum Gasteiger partial charge on any atom is -0.454 e. The maximum Gasteiger partial charge on any atom is 0.246 e. The number of carbonyl (C=O) groups excluding carboxylic acids is 1. The monoisotopic (exact) mass is 315 g/mol. The van der Waals surface area contributed by atoms with E-state index < -0.39 is 0 Å². The Balaban J connectivity index is 2.02. The van der Waals surface area contributed by atoms with E-state index in [1.54, 1.807) is 11.0 Å². The van der Waals surface area contributed by atoms with Crippen molar-refractivity contribution >= 4 is 35.2 Å². The van der Waals surface area contributed by atoms with Gasteiger partial charge in [0.15, 0.2) is 11.5 Å². The molecule has 1 aliphatic rings. The molecule has 0 saturated carbocycles. The molecule has 1 heterocycles. The maximum atomic E-state index is 12.0. The molecule has 0 saturated heterocycles. The third-order valence-electron chi connectivity index (χ3n) is 2.84. The molecule has 1 aliphatic heterocycles. The molecule has 0 N–H and O–H groups in total. The molecule has 0 spiro atoms. The normalized spacial score (nSPS) is 12.9. The number of halogens is 2. The summed E-state index contributed by atoms with van der Waals surface area (Å²) in [6.07, 6.45) is 3.25. The van der Waals surface area contributed by atoms with Gasteiger partial charge < -0.3 is 14.4 Å². The third kappa shape index (κ3) is 3.81. The summed E-state index contributed by atoms with van der Waals surface area (Å²) in [6.45, 7) is 1.21. The van der Waals surface area contributed by atoms with Crippen LogP contribution in [0.5, 0.6) is 11.5 Å². The number of benzene rings is 1. The van der Waals surface area contributed by atoms with Crippen LogP contribution in [0.2, 0.25) is 0 Å². The molecule has 108 valence electrons. The minimum absolute atomic E-state index is 0.107. The van der Waals surface area contributed by atoms with Crippen molar-refractivity contribution < 1.29 is 14.3 Å². The Morgan fingerprint density at radius 2 is 1.90 bits per heavy atom. The third-order valence-corrected chi connectivity index (χ3v) is 3.17. The number of nitrogens with zero attached hydrogens (tertiary/aromatic N) is 1. The Morgan fingerprint density at radius 3 is 2.60 bits per heavy atom. The van der Waals surface area contributed by atoms with E-state index >= 15 is 0 Å². The van der Waals surface area contributed by atoms with E-state index in [9.17, 15) is 4.79 Å². The van der Waals surface area contributed by atoms with Crippen LogP contribution in [0.4, 0.5) is 0 Å². The summed E-state index contributed by atoms with van der Waals surface area (Å²) in [6, 6.07) is 5.52. The van der Waals surface area contributed by atoms with Gasteiger partial charge in [0.1, 0.15) is 0 Å². The van der Waals surface area contributed by atoms with Gasteiger partial charge in [-0.1, -0.05) is 6.07 Å².